The highest BCUT2D eigenvalue weighted by molar-refractivity contribution is 5.80. The number of rotatable bonds is 34. The third-order valence-corrected chi connectivity index (χ3v) is 10.4. The van der Waals surface area contributed by atoms with Crippen LogP contribution in [0.15, 0.2) is 0 Å². The van der Waals surface area contributed by atoms with Gasteiger partial charge in [0.1, 0.15) is 36.6 Å². The second-order valence-corrected chi connectivity index (χ2v) is 15.1. The predicted molar refractivity (Wildman–Crippen MR) is 201 cm³/mol. The molecule has 0 spiro atoms. The number of nitrogens with one attached hydrogen (secondary N) is 1. The molecular formula is C40H79NO10. The molecule has 0 aliphatic carbocycles. The molecule has 1 rings (SSSR count). The number of unbranched alkanes of at least 4 members (excludes halogenated alkanes) is 22. The molecule has 0 radical (unpaired) electrons. The first-order valence-electron chi connectivity index (χ1n) is 20.9. The van der Waals surface area contributed by atoms with Crippen LogP contribution in [0, 0.1) is 0 Å². The highest BCUT2D eigenvalue weighted by Crippen LogP contribution is 2.23. The van der Waals surface area contributed by atoms with Crippen LogP contribution in [0.2, 0.25) is 0 Å². The van der Waals surface area contributed by atoms with Crippen LogP contribution in [0.4, 0.5) is 0 Å². The Morgan fingerprint density at radius 3 is 1.45 bits per heavy atom. The Hall–Kier alpha value is -0.890. The molecular weight excluding hydrogens is 654 g/mol. The van der Waals surface area contributed by atoms with Gasteiger partial charge in [-0.25, -0.2) is 0 Å². The Morgan fingerprint density at radius 1 is 0.608 bits per heavy atom. The van der Waals surface area contributed by atoms with E-state index in [2.05, 4.69) is 19.2 Å². The molecule has 11 heteroatoms. The lowest BCUT2D eigenvalue weighted by molar-refractivity contribution is -0.303. The van der Waals surface area contributed by atoms with Crippen LogP contribution < -0.4 is 5.32 Å². The largest absolute Gasteiger partial charge is 0.394 e. The van der Waals surface area contributed by atoms with E-state index in [9.17, 15) is 40.5 Å². The highest BCUT2D eigenvalue weighted by atomic mass is 16.7. The minimum atomic E-state index is -1.65. The maximum absolute atomic E-state index is 13.0. The number of ether oxygens (including phenoxy) is 2. The van der Waals surface area contributed by atoms with Crippen LogP contribution in [0.25, 0.3) is 0 Å². The molecule has 0 bridgehead atoms. The number of aliphatic hydroxyl groups excluding tert-OH is 7. The van der Waals surface area contributed by atoms with Gasteiger partial charge < -0.3 is 50.5 Å². The summed E-state index contributed by atoms with van der Waals surface area (Å²) < 4.78 is 11.0. The molecule has 1 amide bonds. The Balaban J connectivity index is 2.46. The van der Waals surface area contributed by atoms with E-state index < -0.39 is 74.2 Å². The van der Waals surface area contributed by atoms with Crippen molar-refractivity contribution in [3.05, 3.63) is 0 Å². The number of carbonyl (C=O) groups excluding carboxylic acids is 1. The van der Waals surface area contributed by atoms with E-state index in [0.29, 0.717) is 19.3 Å². The molecule has 0 aromatic carbocycles. The number of hydrogen-bond acceptors (Lipinski definition) is 10. The summed E-state index contributed by atoms with van der Waals surface area (Å²) in [5.41, 5.74) is 0. The molecule has 51 heavy (non-hydrogen) atoms. The number of aliphatic hydroxyl groups is 7. The van der Waals surface area contributed by atoms with Gasteiger partial charge in [0.2, 0.25) is 5.91 Å². The predicted octanol–water partition coefficient (Wildman–Crippen LogP) is 5.55. The lowest BCUT2D eigenvalue weighted by Gasteiger charge is -2.40. The summed E-state index contributed by atoms with van der Waals surface area (Å²) in [4.78, 5) is 13.0. The maximum Gasteiger partial charge on any atom is 0.249 e. The summed E-state index contributed by atoms with van der Waals surface area (Å²) in [5.74, 6) is -0.698. The van der Waals surface area contributed by atoms with Gasteiger partial charge in [0, 0.05) is 0 Å². The normalized spacial score (nSPS) is 23.2. The minimum Gasteiger partial charge on any atom is -0.394 e. The summed E-state index contributed by atoms with van der Waals surface area (Å²) in [7, 11) is 0. The molecule has 8 N–H and O–H groups in total. The van der Waals surface area contributed by atoms with Crippen molar-refractivity contribution < 1.29 is 50.0 Å². The first-order valence-corrected chi connectivity index (χ1v) is 20.9. The standard InChI is InChI=1S/C40H79NO10/c1-3-5-7-9-11-13-14-15-16-17-18-19-20-22-24-26-28-33(44)39(49)41-31(30-50-40-38(48)37(47)36(46)34(29-42)51-40)35(45)32(43)27-25-23-21-12-10-8-6-4-2/h31-38,40,42-48H,3-30H2,1-2H3,(H,41,49). The molecule has 1 fully saturated rings. The van der Waals surface area contributed by atoms with Crippen molar-refractivity contribution in [2.45, 2.75) is 236 Å². The third kappa shape index (κ3) is 22.2. The molecule has 1 saturated heterocycles. The van der Waals surface area contributed by atoms with Crippen molar-refractivity contribution in [1.82, 2.24) is 5.32 Å². The van der Waals surface area contributed by atoms with Crippen molar-refractivity contribution in [1.29, 1.82) is 0 Å². The van der Waals surface area contributed by atoms with E-state index in [4.69, 9.17) is 9.47 Å². The first kappa shape index (κ1) is 48.1. The van der Waals surface area contributed by atoms with Gasteiger partial charge in [-0.05, 0) is 12.8 Å². The second-order valence-electron chi connectivity index (χ2n) is 15.1. The van der Waals surface area contributed by atoms with Crippen molar-refractivity contribution in [3.63, 3.8) is 0 Å². The summed E-state index contributed by atoms with van der Waals surface area (Å²) >= 11 is 0. The van der Waals surface area contributed by atoms with Crippen LogP contribution in [0.1, 0.15) is 181 Å². The average Bonchev–Trinajstić information content (AvgIpc) is 3.13. The van der Waals surface area contributed by atoms with Gasteiger partial charge in [-0.15, -0.1) is 0 Å². The van der Waals surface area contributed by atoms with Crippen molar-refractivity contribution in [3.8, 4) is 0 Å². The van der Waals surface area contributed by atoms with E-state index in [1.54, 1.807) is 0 Å². The van der Waals surface area contributed by atoms with E-state index in [1.165, 1.54) is 103 Å². The van der Waals surface area contributed by atoms with Gasteiger partial charge >= 0.3 is 0 Å². The minimum absolute atomic E-state index is 0.265. The van der Waals surface area contributed by atoms with Crippen LogP contribution in [-0.4, -0.2) is 110 Å². The highest BCUT2D eigenvalue weighted by Gasteiger charge is 2.44. The van der Waals surface area contributed by atoms with E-state index in [1.807, 2.05) is 0 Å². The molecule has 0 aromatic heterocycles. The van der Waals surface area contributed by atoms with Crippen LogP contribution >= 0.6 is 0 Å². The van der Waals surface area contributed by atoms with Crippen LogP contribution in [0.5, 0.6) is 0 Å². The fraction of sp³-hybridized carbons (Fsp3) is 0.975. The van der Waals surface area contributed by atoms with E-state index >= 15 is 0 Å². The van der Waals surface area contributed by atoms with Crippen molar-refractivity contribution in [2.24, 2.45) is 0 Å². The van der Waals surface area contributed by atoms with Gasteiger partial charge in [-0.2, -0.15) is 0 Å². The Morgan fingerprint density at radius 2 is 1.02 bits per heavy atom. The van der Waals surface area contributed by atoms with Gasteiger partial charge in [-0.1, -0.05) is 168 Å². The summed E-state index contributed by atoms with van der Waals surface area (Å²) in [6.45, 7) is 3.38. The van der Waals surface area contributed by atoms with Gasteiger partial charge in [0.25, 0.3) is 0 Å². The molecule has 1 aliphatic heterocycles. The van der Waals surface area contributed by atoms with Crippen LogP contribution in [0.3, 0.4) is 0 Å². The smallest absolute Gasteiger partial charge is 0.249 e. The number of hydrogen-bond donors (Lipinski definition) is 8. The molecule has 9 atom stereocenters. The summed E-state index contributed by atoms with van der Waals surface area (Å²) in [6, 6.07) is -1.16. The number of carbonyl (C=O) groups is 1. The van der Waals surface area contributed by atoms with Crippen molar-refractivity contribution in [2.75, 3.05) is 13.2 Å². The maximum atomic E-state index is 13.0. The Kier molecular flexibility index (Phi) is 29.7. The van der Waals surface area contributed by atoms with Gasteiger partial charge in [0.05, 0.1) is 25.4 Å². The average molecular weight is 734 g/mol. The zero-order valence-electron chi connectivity index (χ0n) is 32.4. The molecule has 1 aliphatic rings. The van der Waals surface area contributed by atoms with Gasteiger partial charge in [-0.3, -0.25) is 4.79 Å². The van der Waals surface area contributed by atoms with Crippen molar-refractivity contribution >= 4 is 5.91 Å². The quantitative estimate of drug-likeness (QED) is 0.0390. The monoisotopic (exact) mass is 734 g/mol. The molecule has 1 heterocycles. The molecule has 0 saturated carbocycles. The SMILES string of the molecule is CCCCCCCCCCCCCCCCCCC(O)C(=O)NC(COC1OC(CO)C(O)C(O)C1O)C(O)C(O)CCCCCCCCCC. The summed E-state index contributed by atoms with van der Waals surface area (Å²) in [6.07, 6.45) is 17.5. The fourth-order valence-electron chi connectivity index (χ4n) is 6.85. The topological polar surface area (TPSA) is 189 Å². The lowest BCUT2D eigenvalue weighted by Crippen LogP contribution is -2.60. The fourth-order valence-corrected chi connectivity index (χ4v) is 6.85. The number of amides is 1. The molecule has 304 valence electrons. The zero-order valence-corrected chi connectivity index (χ0v) is 32.4. The Bertz CT molecular complexity index is 805. The molecule has 0 aromatic rings. The van der Waals surface area contributed by atoms with E-state index in [-0.39, 0.29) is 6.42 Å². The zero-order chi connectivity index (χ0) is 37.7. The van der Waals surface area contributed by atoms with Crippen LogP contribution in [-0.2, 0) is 14.3 Å². The third-order valence-electron chi connectivity index (χ3n) is 10.4. The molecule has 9 unspecified atom stereocenters. The first-order chi connectivity index (χ1) is 24.7. The summed E-state index contributed by atoms with van der Waals surface area (Å²) in [5, 5.41) is 75.2. The van der Waals surface area contributed by atoms with Gasteiger partial charge in [0.15, 0.2) is 6.29 Å². The molecule has 11 nitrogen and oxygen atoms in total. The second kappa shape index (κ2) is 31.5. The van der Waals surface area contributed by atoms with E-state index in [0.717, 1.165) is 38.5 Å². The lowest BCUT2D eigenvalue weighted by atomic mass is 9.98. The Labute approximate surface area is 309 Å².